The van der Waals surface area contributed by atoms with Gasteiger partial charge in [0, 0.05) is 17.0 Å². The molecule has 0 radical (unpaired) electrons. The molecule has 2 atom stereocenters. The molecule has 0 spiro atoms. The van der Waals surface area contributed by atoms with Crippen LogP contribution in [0.2, 0.25) is 0 Å². The van der Waals surface area contributed by atoms with Crippen LogP contribution in [0.15, 0.2) is 36.4 Å². The highest BCUT2D eigenvalue weighted by atomic mass is 16.5. The van der Waals surface area contributed by atoms with Crippen molar-refractivity contribution >= 4 is 0 Å². The summed E-state index contributed by atoms with van der Waals surface area (Å²) >= 11 is 0. The van der Waals surface area contributed by atoms with E-state index in [0.717, 1.165) is 16.9 Å². The summed E-state index contributed by atoms with van der Waals surface area (Å²) in [5.74, 6) is 1.43. The molecule has 21 heavy (non-hydrogen) atoms. The van der Waals surface area contributed by atoms with Crippen LogP contribution in [0.4, 0.5) is 0 Å². The number of phenolic OH excluding ortho intramolecular Hbond substituents is 1. The lowest BCUT2D eigenvalue weighted by Gasteiger charge is -2.31. The van der Waals surface area contributed by atoms with Gasteiger partial charge in [-0.3, -0.25) is 0 Å². The second-order valence-electron chi connectivity index (χ2n) is 5.26. The first-order valence-corrected chi connectivity index (χ1v) is 6.89. The Bertz CT molecular complexity index is 649. The van der Waals surface area contributed by atoms with Crippen LogP contribution in [0, 0.1) is 6.92 Å². The smallest absolute Gasteiger partial charge is 0.131 e. The van der Waals surface area contributed by atoms with Gasteiger partial charge in [-0.05, 0) is 36.8 Å². The van der Waals surface area contributed by atoms with E-state index < -0.39 is 6.10 Å². The van der Waals surface area contributed by atoms with Crippen molar-refractivity contribution < 1.29 is 19.7 Å². The fraction of sp³-hybridized carbons (Fsp3) is 0.294. The molecule has 1 aliphatic rings. The van der Waals surface area contributed by atoms with Crippen molar-refractivity contribution in [1.82, 2.24) is 0 Å². The molecule has 0 unspecified atom stereocenters. The molecule has 0 bridgehead atoms. The molecule has 0 amide bonds. The molecule has 2 aromatic carbocycles. The van der Waals surface area contributed by atoms with Crippen LogP contribution in [-0.4, -0.2) is 23.9 Å². The third-order valence-corrected chi connectivity index (χ3v) is 4.06. The molecule has 4 nitrogen and oxygen atoms in total. The Labute approximate surface area is 123 Å². The van der Waals surface area contributed by atoms with Crippen molar-refractivity contribution in [2.45, 2.75) is 18.9 Å². The minimum Gasteiger partial charge on any atom is -0.508 e. The van der Waals surface area contributed by atoms with Crippen molar-refractivity contribution in [3.63, 3.8) is 0 Å². The van der Waals surface area contributed by atoms with Crippen LogP contribution in [0.1, 0.15) is 28.7 Å². The van der Waals surface area contributed by atoms with Crippen molar-refractivity contribution in [3.05, 3.63) is 53.1 Å². The number of hydrogen-bond donors (Lipinski definition) is 2. The number of benzene rings is 2. The predicted molar refractivity (Wildman–Crippen MR) is 79.0 cm³/mol. The van der Waals surface area contributed by atoms with Crippen LogP contribution in [0.5, 0.6) is 17.2 Å². The van der Waals surface area contributed by atoms with Crippen molar-refractivity contribution in [2.24, 2.45) is 0 Å². The third-order valence-electron chi connectivity index (χ3n) is 4.06. The number of aromatic hydroxyl groups is 1. The topological polar surface area (TPSA) is 58.9 Å². The summed E-state index contributed by atoms with van der Waals surface area (Å²) in [5.41, 5.74) is 2.39. The highest BCUT2D eigenvalue weighted by Gasteiger charge is 2.32. The molecule has 1 heterocycles. The van der Waals surface area contributed by atoms with Gasteiger partial charge in [-0.1, -0.05) is 12.1 Å². The minimum absolute atomic E-state index is 0.132. The zero-order chi connectivity index (χ0) is 15.0. The van der Waals surface area contributed by atoms with Gasteiger partial charge < -0.3 is 19.7 Å². The quantitative estimate of drug-likeness (QED) is 0.891. The normalized spacial score (nSPS) is 20.5. The van der Waals surface area contributed by atoms with E-state index >= 15 is 0 Å². The number of phenols is 1. The van der Waals surface area contributed by atoms with Gasteiger partial charge in [-0.15, -0.1) is 0 Å². The number of fused-ring (bicyclic) bond motifs is 1. The number of aliphatic hydroxyl groups is 1. The van der Waals surface area contributed by atoms with Gasteiger partial charge in [0.05, 0.1) is 19.8 Å². The average molecular weight is 286 g/mol. The highest BCUT2D eigenvalue weighted by Crippen LogP contribution is 2.44. The molecule has 4 heteroatoms. The lowest BCUT2D eigenvalue weighted by molar-refractivity contribution is 0.0882. The SMILES string of the molecule is COc1ccc([C@@H]2COc3c(ccc(O)c3C)[C@H]2O)cc1. The van der Waals surface area contributed by atoms with Gasteiger partial charge in [0.15, 0.2) is 0 Å². The lowest BCUT2D eigenvalue weighted by atomic mass is 9.86. The van der Waals surface area contributed by atoms with Gasteiger partial charge in [-0.2, -0.15) is 0 Å². The molecular formula is C17H18O4. The molecule has 110 valence electrons. The number of methoxy groups -OCH3 is 1. The van der Waals surface area contributed by atoms with Crippen LogP contribution in [0.25, 0.3) is 0 Å². The maximum Gasteiger partial charge on any atom is 0.131 e. The average Bonchev–Trinajstić information content (AvgIpc) is 2.52. The first-order chi connectivity index (χ1) is 10.1. The van der Waals surface area contributed by atoms with Crippen LogP contribution in [-0.2, 0) is 0 Å². The van der Waals surface area contributed by atoms with Crippen molar-refractivity contribution in [3.8, 4) is 17.2 Å². The van der Waals surface area contributed by atoms with E-state index in [4.69, 9.17) is 9.47 Å². The molecule has 1 aliphatic heterocycles. The molecule has 0 fully saturated rings. The van der Waals surface area contributed by atoms with E-state index in [-0.39, 0.29) is 11.7 Å². The Balaban J connectivity index is 1.94. The van der Waals surface area contributed by atoms with Gasteiger partial charge in [0.2, 0.25) is 0 Å². The summed E-state index contributed by atoms with van der Waals surface area (Å²) in [6, 6.07) is 10.9. The van der Waals surface area contributed by atoms with Crippen molar-refractivity contribution in [2.75, 3.05) is 13.7 Å². The third kappa shape index (κ3) is 2.32. The number of hydrogen-bond acceptors (Lipinski definition) is 4. The summed E-state index contributed by atoms with van der Waals surface area (Å²) in [7, 11) is 1.62. The first-order valence-electron chi connectivity index (χ1n) is 6.89. The summed E-state index contributed by atoms with van der Waals surface area (Å²) in [6.45, 7) is 2.17. The van der Waals surface area contributed by atoms with Crippen molar-refractivity contribution in [1.29, 1.82) is 0 Å². The Hall–Kier alpha value is -2.20. The van der Waals surface area contributed by atoms with Gasteiger partial charge >= 0.3 is 0 Å². The maximum absolute atomic E-state index is 10.6. The fourth-order valence-corrected chi connectivity index (χ4v) is 2.74. The van der Waals surface area contributed by atoms with Gasteiger partial charge in [0.1, 0.15) is 17.2 Å². The summed E-state index contributed by atoms with van der Waals surface area (Å²) < 4.78 is 10.9. The Morgan fingerprint density at radius 1 is 1.14 bits per heavy atom. The predicted octanol–water partition coefficient (Wildman–Crippen LogP) is 2.92. The fourth-order valence-electron chi connectivity index (χ4n) is 2.74. The summed E-state index contributed by atoms with van der Waals surface area (Å²) in [6.07, 6.45) is -0.651. The molecule has 0 saturated carbocycles. The Kier molecular flexibility index (Phi) is 3.47. The van der Waals surface area contributed by atoms with Gasteiger partial charge in [0.25, 0.3) is 0 Å². The highest BCUT2D eigenvalue weighted by molar-refractivity contribution is 5.51. The number of ether oxygens (including phenoxy) is 2. The Morgan fingerprint density at radius 2 is 1.86 bits per heavy atom. The first kappa shape index (κ1) is 13.8. The van der Waals surface area contributed by atoms with E-state index in [1.165, 1.54) is 0 Å². The van der Waals surface area contributed by atoms with E-state index in [0.29, 0.717) is 17.9 Å². The van der Waals surface area contributed by atoms with E-state index in [1.54, 1.807) is 26.2 Å². The molecular weight excluding hydrogens is 268 g/mol. The Morgan fingerprint density at radius 3 is 2.52 bits per heavy atom. The molecule has 0 aromatic heterocycles. The van der Waals surface area contributed by atoms with Crippen LogP contribution in [0.3, 0.4) is 0 Å². The molecule has 0 saturated heterocycles. The van der Waals surface area contributed by atoms with E-state index in [1.807, 2.05) is 24.3 Å². The molecule has 3 rings (SSSR count). The standard InChI is InChI=1S/C17H18O4/c1-10-15(18)8-7-13-16(19)14(9-21-17(10)13)11-3-5-12(20-2)6-4-11/h3-8,14,16,18-19H,9H2,1-2H3/t14-,16+/m0/s1. The molecule has 0 aliphatic carbocycles. The van der Waals surface area contributed by atoms with Crippen LogP contribution < -0.4 is 9.47 Å². The zero-order valence-electron chi connectivity index (χ0n) is 12.0. The summed E-state index contributed by atoms with van der Waals surface area (Å²) in [4.78, 5) is 0. The van der Waals surface area contributed by atoms with Gasteiger partial charge in [-0.25, -0.2) is 0 Å². The zero-order valence-corrected chi connectivity index (χ0v) is 12.0. The van der Waals surface area contributed by atoms with Crippen LogP contribution >= 0.6 is 0 Å². The molecule has 2 N–H and O–H groups in total. The second-order valence-corrected chi connectivity index (χ2v) is 5.26. The number of aliphatic hydroxyl groups excluding tert-OH is 1. The largest absolute Gasteiger partial charge is 0.508 e. The molecule has 2 aromatic rings. The maximum atomic E-state index is 10.6. The second kappa shape index (κ2) is 5.30. The monoisotopic (exact) mass is 286 g/mol. The lowest BCUT2D eigenvalue weighted by Crippen LogP contribution is -2.24. The van der Waals surface area contributed by atoms with E-state index in [2.05, 4.69) is 0 Å². The minimum atomic E-state index is -0.651. The van der Waals surface area contributed by atoms with E-state index in [9.17, 15) is 10.2 Å². The summed E-state index contributed by atoms with van der Waals surface area (Å²) in [5, 5.41) is 20.4. The number of rotatable bonds is 2.